The SMILES string of the molecule is Cc1ccc(CNC(=O)Nc2cccc3c2[N]C(=O)N3)c(N2CCCCC2)n1. The second kappa shape index (κ2) is 7.75. The van der Waals surface area contributed by atoms with E-state index in [1.54, 1.807) is 18.2 Å². The predicted molar refractivity (Wildman–Crippen MR) is 108 cm³/mol. The molecule has 2 aliphatic heterocycles. The van der Waals surface area contributed by atoms with Crippen LogP contribution in [0.3, 0.4) is 0 Å². The number of anilines is 3. The minimum atomic E-state index is -0.429. The van der Waals surface area contributed by atoms with Gasteiger partial charge >= 0.3 is 12.1 Å². The average molecular weight is 379 g/mol. The number of urea groups is 2. The van der Waals surface area contributed by atoms with E-state index in [-0.39, 0.29) is 6.03 Å². The second-order valence-corrected chi connectivity index (χ2v) is 7.03. The van der Waals surface area contributed by atoms with Crippen LogP contribution in [0, 0.1) is 6.92 Å². The molecule has 2 aromatic rings. The summed E-state index contributed by atoms with van der Waals surface area (Å²) in [6, 6.07) is 8.42. The van der Waals surface area contributed by atoms with Crippen molar-refractivity contribution in [2.75, 3.05) is 28.6 Å². The maximum atomic E-state index is 12.4. The quantitative estimate of drug-likeness (QED) is 0.757. The van der Waals surface area contributed by atoms with Crippen molar-refractivity contribution in [2.45, 2.75) is 32.7 Å². The number of aromatic nitrogens is 1. The third kappa shape index (κ3) is 3.85. The monoisotopic (exact) mass is 379 g/mol. The van der Waals surface area contributed by atoms with Gasteiger partial charge in [-0.25, -0.2) is 14.6 Å². The summed E-state index contributed by atoms with van der Waals surface area (Å²) in [6.45, 7) is 4.34. The zero-order chi connectivity index (χ0) is 19.5. The van der Waals surface area contributed by atoms with Crippen molar-refractivity contribution in [3.63, 3.8) is 0 Å². The first-order valence-electron chi connectivity index (χ1n) is 9.52. The molecule has 1 aromatic heterocycles. The molecule has 1 radical (unpaired) electrons. The van der Waals surface area contributed by atoms with Gasteiger partial charge in [0.25, 0.3) is 0 Å². The number of benzene rings is 1. The molecule has 1 fully saturated rings. The summed E-state index contributed by atoms with van der Waals surface area (Å²) in [7, 11) is 0. The highest BCUT2D eigenvalue weighted by molar-refractivity contribution is 6.07. The van der Waals surface area contributed by atoms with E-state index in [4.69, 9.17) is 4.98 Å². The van der Waals surface area contributed by atoms with Gasteiger partial charge < -0.3 is 20.9 Å². The molecule has 0 aliphatic carbocycles. The van der Waals surface area contributed by atoms with Crippen LogP contribution in [0.1, 0.15) is 30.5 Å². The lowest BCUT2D eigenvalue weighted by molar-refractivity contribution is 0.251. The highest BCUT2D eigenvalue weighted by atomic mass is 16.2. The third-order valence-electron chi connectivity index (χ3n) is 4.93. The lowest BCUT2D eigenvalue weighted by Crippen LogP contribution is -2.33. The number of aryl methyl sites for hydroxylation is 1. The fourth-order valence-corrected chi connectivity index (χ4v) is 3.54. The summed E-state index contributed by atoms with van der Waals surface area (Å²) in [4.78, 5) is 30.9. The molecule has 8 heteroatoms. The van der Waals surface area contributed by atoms with E-state index < -0.39 is 6.03 Å². The van der Waals surface area contributed by atoms with Crippen LogP contribution in [-0.4, -0.2) is 30.1 Å². The normalized spacial score (nSPS) is 15.5. The summed E-state index contributed by atoms with van der Waals surface area (Å²) >= 11 is 0. The lowest BCUT2D eigenvalue weighted by atomic mass is 10.1. The van der Waals surface area contributed by atoms with E-state index in [9.17, 15) is 9.59 Å². The molecule has 28 heavy (non-hydrogen) atoms. The first-order valence-corrected chi connectivity index (χ1v) is 9.52. The van der Waals surface area contributed by atoms with Gasteiger partial charge in [0.15, 0.2) is 0 Å². The van der Waals surface area contributed by atoms with Gasteiger partial charge in [0.05, 0.1) is 11.4 Å². The third-order valence-corrected chi connectivity index (χ3v) is 4.93. The standard InChI is InChI=1S/C20H23N6O2/c1-13-8-9-14(18(22-13)26-10-3-2-4-11-26)12-21-19(27)23-15-6-5-7-16-17(15)25-20(28)24-16/h5-9H,2-4,10-12H2,1H3,(H,24,28)(H2,21,23,27). The van der Waals surface area contributed by atoms with Crippen molar-refractivity contribution >= 4 is 34.9 Å². The van der Waals surface area contributed by atoms with Crippen LogP contribution in [0.2, 0.25) is 0 Å². The van der Waals surface area contributed by atoms with Crippen molar-refractivity contribution in [3.05, 3.63) is 41.6 Å². The molecule has 145 valence electrons. The number of nitrogens with zero attached hydrogens (tertiary/aromatic N) is 3. The van der Waals surface area contributed by atoms with E-state index in [2.05, 4.69) is 26.2 Å². The number of piperidine rings is 1. The van der Waals surface area contributed by atoms with Crippen LogP contribution < -0.4 is 26.2 Å². The van der Waals surface area contributed by atoms with Crippen molar-refractivity contribution in [1.82, 2.24) is 15.6 Å². The number of carbonyl (C=O) groups is 2. The van der Waals surface area contributed by atoms with Crippen LogP contribution in [0.4, 0.5) is 32.5 Å². The number of para-hydroxylation sites is 1. The number of nitrogens with one attached hydrogen (secondary N) is 3. The highest BCUT2D eigenvalue weighted by Crippen LogP contribution is 2.34. The van der Waals surface area contributed by atoms with Gasteiger partial charge in [-0.05, 0) is 44.4 Å². The Balaban J connectivity index is 1.43. The van der Waals surface area contributed by atoms with Gasteiger partial charge in [0, 0.05) is 30.9 Å². The van der Waals surface area contributed by atoms with Crippen molar-refractivity contribution in [1.29, 1.82) is 0 Å². The fourth-order valence-electron chi connectivity index (χ4n) is 3.54. The predicted octanol–water partition coefficient (Wildman–Crippen LogP) is 3.48. The molecular formula is C20H23N6O2. The van der Waals surface area contributed by atoms with Crippen LogP contribution in [0.5, 0.6) is 0 Å². The Morgan fingerprint density at radius 1 is 1.18 bits per heavy atom. The van der Waals surface area contributed by atoms with Gasteiger partial charge in [-0.3, -0.25) is 0 Å². The van der Waals surface area contributed by atoms with E-state index in [1.807, 2.05) is 19.1 Å². The first-order chi connectivity index (χ1) is 13.6. The maximum Gasteiger partial charge on any atom is 0.346 e. The van der Waals surface area contributed by atoms with E-state index in [0.717, 1.165) is 30.2 Å². The number of amides is 4. The van der Waals surface area contributed by atoms with Gasteiger partial charge in [-0.15, -0.1) is 0 Å². The van der Waals surface area contributed by atoms with Crippen LogP contribution >= 0.6 is 0 Å². The molecule has 4 rings (SSSR count). The van der Waals surface area contributed by atoms with Gasteiger partial charge in [0.1, 0.15) is 11.5 Å². The topological polar surface area (TPSA) is 100 Å². The minimum absolute atomic E-state index is 0.354. The molecular weight excluding hydrogens is 356 g/mol. The van der Waals surface area contributed by atoms with Crippen molar-refractivity contribution < 1.29 is 9.59 Å². The molecule has 3 N–H and O–H groups in total. The summed E-state index contributed by atoms with van der Waals surface area (Å²) in [5, 5.41) is 12.2. The highest BCUT2D eigenvalue weighted by Gasteiger charge is 2.23. The number of hydrogen-bond acceptors (Lipinski definition) is 4. The Labute approximate surface area is 163 Å². The molecule has 8 nitrogen and oxygen atoms in total. The Morgan fingerprint density at radius 3 is 2.82 bits per heavy atom. The van der Waals surface area contributed by atoms with E-state index in [1.165, 1.54) is 19.3 Å². The number of fused-ring (bicyclic) bond motifs is 1. The molecule has 1 aromatic carbocycles. The average Bonchev–Trinajstić information content (AvgIpc) is 3.09. The summed E-state index contributed by atoms with van der Waals surface area (Å²) < 4.78 is 0. The lowest BCUT2D eigenvalue weighted by Gasteiger charge is -2.29. The molecule has 4 amide bonds. The molecule has 0 saturated carbocycles. The zero-order valence-corrected chi connectivity index (χ0v) is 15.8. The Hall–Kier alpha value is -3.29. The van der Waals surface area contributed by atoms with Gasteiger partial charge in [0.2, 0.25) is 0 Å². The van der Waals surface area contributed by atoms with E-state index in [0.29, 0.717) is 23.6 Å². The largest absolute Gasteiger partial charge is 0.356 e. The number of hydrogen-bond donors (Lipinski definition) is 3. The maximum absolute atomic E-state index is 12.4. The summed E-state index contributed by atoms with van der Waals surface area (Å²) in [6.07, 6.45) is 3.58. The fraction of sp³-hybridized carbons (Fsp3) is 0.350. The molecule has 2 aliphatic rings. The smallest absolute Gasteiger partial charge is 0.346 e. The van der Waals surface area contributed by atoms with Gasteiger partial charge in [-0.2, -0.15) is 5.32 Å². The van der Waals surface area contributed by atoms with Crippen LogP contribution in [-0.2, 0) is 6.54 Å². The molecule has 1 saturated heterocycles. The zero-order valence-electron chi connectivity index (χ0n) is 15.8. The summed E-state index contributed by atoms with van der Waals surface area (Å²) in [5.74, 6) is 0.949. The number of rotatable bonds is 4. The molecule has 0 spiro atoms. The minimum Gasteiger partial charge on any atom is -0.356 e. The van der Waals surface area contributed by atoms with E-state index >= 15 is 0 Å². The molecule has 0 unspecified atom stereocenters. The van der Waals surface area contributed by atoms with Gasteiger partial charge in [-0.1, -0.05) is 12.1 Å². The van der Waals surface area contributed by atoms with Crippen molar-refractivity contribution in [2.24, 2.45) is 0 Å². The van der Waals surface area contributed by atoms with Crippen LogP contribution in [0.15, 0.2) is 30.3 Å². The Kier molecular flexibility index (Phi) is 5.01. The Bertz CT molecular complexity index is 908. The van der Waals surface area contributed by atoms with Crippen LogP contribution in [0.25, 0.3) is 0 Å². The second-order valence-electron chi connectivity index (χ2n) is 7.03. The Morgan fingerprint density at radius 2 is 2.00 bits per heavy atom. The number of pyridine rings is 1. The number of carbonyl (C=O) groups excluding carboxylic acids is 2. The summed E-state index contributed by atoms with van der Waals surface area (Å²) in [5.41, 5.74) is 3.49. The molecule has 3 heterocycles. The molecule has 0 bridgehead atoms. The van der Waals surface area contributed by atoms with Crippen molar-refractivity contribution in [3.8, 4) is 0 Å². The molecule has 0 atom stereocenters. The first kappa shape index (κ1) is 18.1.